The van der Waals surface area contributed by atoms with Crippen molar-refractivity contribution < 1.29 is 23.8 Å². The van der Waals surface area contributed by atoms with Gasteiger partial charge >= 0.3 is 11.9 Å². The third-order valence-corrected chi connectivity index (χ3v) is 3.87. The smallest absolute Gasteiger partial charge is 0.347 e. The molecule has 27 heavy (non-hydrogen) atoms. The Morgan fingerprint density at radius 3 is 2.22 bits per heavy atom. The molecule has 6 heteroatoms. The lowest BCUT2D eigenvalue weighted by Gasteiger charge is -2.14. The van der Waals surface area contributed by atoms with Crippen molar-refractivity contribution in [2.45, 2.75) is 33.8 Å². The van der Waals surface area contributed by atoms with Crippen molar-refractivity contribution in [1.82, 2.24) is 0 Å². The molecule has 0 heterocycles. The lowest BCUT2D eigenvalue weighted by atomic mass is 10.2. The van der Waals surface area contributed by atoms with Crippen molar-refractivity contribution in [2.24, 2.45) is 5.92 Å². The summed E-state index contributed by atoms with van der Waals surface area (Å²) in [6, 6.07) is 11.4. The average Bonchev–Trinajstić information content (AvgIpc) is 2.61. The number of benzene rings is 2. The molecular weight excluding hydrogens is 412 g/mol. The van der Waals surface area contributed by atoms with Gasteiger partial charge in [-0.3, -0.25) is 0 Å². The minimum absolute atomic E-state index is 0.0751. The lowest BCUT2D eigenvalue weighted by Crippen LogP contribution is -2.14. The molecule has 0 aromatic heterocycles. The van der Waals surface area contributed by atoms with E-state index in [0.29, 0.717) is 29.2 Å². The van der Waals surface area contributed by atoms with Crippen LogP contribution in [0.2, 0.25) is 0 Å². The second-order valence-electron chi connectivity index (χ2n) is 6.71. The predicted molar refractivity (Wildman–Crippen MR) is 106 cm³/mol. The van der Waals surface area contributed by atoms with Gasteiger partial charge in [-0.15, -0.1) is 0 Å². The van der Waals surface area contributed by atoms with E-state index in [0.717, 1.165) is 4.47 Å². The largest absolute Gasteiger partial charge is 0.490 e. The number of esters is 2. The first-order chi connectivity index (χ1) is 12.8. The van der Waals surface area contributed by atoms with E-state index in [-0.39, 0.29) is 12.0 Å². The third-order valence-electron chi connectivity index (χ3n) is 3.37. The molecule has 0 atom stereocenters. The van der Waals surface area contributed by atoms with E-state index in [1.165, 1.54) is 0 Å². The summed E-state index contributed by atoms with van der Waals surface area (Å²) in [5, 5.41) is 0. The van der Waals surface area contributed by atoms with Crippen LogP contribution in [-0.2, 0) is 4.74 Å². The van der Waals surface area contributed by atoms with Crippen LogP contribution in [0.1, 0.15) is 48.4 Å². The number of carbonyl (C=O) groups excluding carboxylic acids is 2. The Hall–Kier alpha value is -2.34. The van der Waals surface area contributed by atoms with Crippen LogP contribution in [0.25, 0.3) is 0 Å². The van der Waals surface area contributed by atoms with Gasteiger partial charge in [0.25, 0.3) is 0 Å². The van der Waals surface area contributed by atoms with Crippen molar-refractivity contribution >= 4 is 27.9 Å². The van der Waals surface area contributed by atoms with Crippen LogP contribution >= 0.6 is 15.9 Å². The second-order valence-corrected chi connectivity index (χ2v) is 7.63. The van der Waals surface area contributed by atoms with E-state index in [1.807, 2.05) is 27.7 Å². The van der Waals surface area contributed by atoms with Crippen LogP contribution in [0.5, 0.6) is 11.5 Å². The Kier molecular flexibility index (Phi) is 7.42. The van der Waals surface area contributed by atoms with Crippen molar-refractivity contribution in [3.8, 4) is 11.5 Å². The van der Waals surface area contributed by atoms with Crippen molar-refractivity contribution in [2.75, 3.05) is 6.61 Å². The molecule has 0 N–H and O–H groups in total. The van der Waals surface area contributed by atoms with E-state index in [9.17, 15) is 9.59 Å². The van der Waals surface area contributed by atoms with Gasteiger partial charge in [0.2, 0.25) is 0 Å². The van der Waals surface area contributed by atoms with E-state index in [1.54, 1.807) is 42.5 Å². The molecule has 0 aliphatic rings. The maximum absolute atomic E-state index is 12.6. The van der Waals surface area contributed by atoms with E-state index in [4.69, 9.17) is 14.2 Å². The highest BCUT2D eigenvalue weighted by Crippen LogP contribution is 2.26. The predicted octanol–water partition coefficient (Wildman–Crippen LogP) is 5.27. The summed E-state index contributed by atoms with van der Waals surface area (Å²) < 4.78 is 17.0. The molecule has 2 aromatic carbocycles. The number of carbonyl (C=O) groups is 2. The number of ether oxygens (including phenoxy) is 3. The standard InChI is InChI=1S/C21H23BrO5/c1-13(2)12-25-20(23)15-5-8-17(9-6-15)27-21(24)18-11-16(22)7-10-19(18)26-14(3)4/h5-11,13-14H,12H2,1-4H3. The first-order valence-electron chi connectivity index (χ1n) is 8.72. The highest BCUT2D eigenvalue weighted by Gasteiger charge is 2.17. The topological polar surface area (TPSA) is 61.8 Å². The van der Waals surface area contributed by atoms with Gasteiger partial charge in [-0.2, -0.15) is 0 Å². The average molecular weight is 435 g/mol. The fourth-order valence-electron chi connectivity index (χ4n) is 2.17. The molecule has 0 aliphatic heterocycles. The van der Waals surface area contributed by atoms with E-state index >= 15 is 0 Å². The Morgan fingerprint density at radius 2 is 1.63 bits per heavy atom. The number of hydrogen-bond acceptors (Lipinski definition) is 5. The molecule has 2 rings (SSSR count). The molecule has 0 aliphatic carbocycles. The first-order valence-corrected chi connectivity index (χ1v) is 9.51. The summed E-state index contributed by atoms with van der Waals surface area (Å²) in [7, 11) is 0. The van der Waals surface area contributed by atoms with Crippen LogP contribution in [-0.4, -0.2) is 24.6 Å². The van der Waals surface area contributed by atoms with Crippen LogP contribution in [0.4, 0.5) is 0 Å². The number of rotatable bonds is 7. The van der Waals surface area contributed by atoms with Gasteiger partial charge in [0.15, 0.2) is 0 Å². The van der Waals surface area contributed by atoms with Gasteiger partial charge in [-0.25, -0.2) is 9.59 Å². The van der Waals surface area contributed by atoms with Gasteiger partial charge < -0.3 is 14.2 Å². The summed E-state index contributed by atoms with van der Waals surface area (Å²) in [5.74, 6) is 0.105. The zero-order chi connectivity index (χ0) is 20.0. The quantitative estimate of drug-likeness (QED) is 0.438. The van der Waals surface area contributed by atoms with Crippen molar-refractivity contribution in [3.05, 3.63) is 58.1 Å². The zero-order valence-electron chi connectivity index (χ0n) is 15.8. The summed E-state index contributed by atoms with van der Waals surface area (Å²) >= 11 is 3.35. The van der Waals surface area contributed by atoms with Crippen molar-refractivity contribution in [3.63, 3.8) is 0 Å². The van der Waals surface area contributed by atoms with Crippen LogP contribution in [0, 0.1) is 5.92 Å². The number of halogens is 1. The lowest BCUT2D eigenvalue weighted by molar-refractivity contribution is 0.0459. The Balaban J connectivity index is 2.10. The van der Waals surface area contributed by atoms with E-state index in [2.05, 4.69) is 15.9 Å². The first kappa shape index (κ1) is 21.0. The van der Waals surface area contributed by atoms with Gasteiger partial charge in [-0.1, -0.05) is 29.8 Å². The molecule has 5 nitrogen and oxygen atoms in total. The normalized spacial score (nSPS) is 10.8. The van der Waals surface area contributed by atoms with Gasteiger partial charge in [0.05, 0.1) is 18.3 Å². The van der Waals surface area contributed by atoms with E-state index < -0.39 is 11.9 Å². The minimum Gasteiger partial charge on any atom is -0.490 e. The summed E-state index contributed by atoms with van der Waals surface area (Å²) in [6.45, 7) is 8.06. The molecule has 2 aromatic rings. The summed E-state index contributed by atoms with van der Waals surface area (Å²) in [5.41, 5.74) is 0.722. The minimum atomic E-state index is -0.540. The van der Waals surface area contributed by atoms with Crippen LogP contribution in [0.3, 0.4) is 0 Å². The third kappa shape index (κ3) is 6.40. The SMILES string of the molecule is CC(C)COC(=O)c1ccc(OC(=O)c2cc(Br)ccc2OC(C)C)cc1. The fraction of sp³-hybridized carbons (Fsp3) is 0.333. The van der Waals surface area contributed by atoms with Gasteiger partial charge in [-0.05, 0) is 62.2 Å². The maximum atomic E-state index is 12.6. The highest BCUT2D eigenvalue weighted by atomic mass is 79.9. The van der Waals surface area contributed by atoms with Crippen LogP contribution < -0.4 is 9.47 Å². The zero-order valence-corrected chi connectivity index (χ0v) is 17.4. The molecule has 0 saturated carbocycles. The molecule has 0 fully saturated rings. The maximum Gasteiger partial charge on any atom is 0.347 e. The Labute approximate surface area is 167 Å². The summed E-state index contributed by atoms with van der Waals surface area (Å²) in [6.07, 6.45) is -0.0751. The molecule has 0 unspecified atom stereocenters. The number of hydrogen-bond donors (Lipinski definition) is 0. The monoisotopic (exact) mass is 434 g/mol. The highest BCUT2D eigenvalue weighted by molar-refractivity contribution is 9.10. The van der Waals surface area contributed by atoms with Gasteiger partial charge in [0, 0.05) is 4.47 Å². The molecule has 0 bridgehead atoms. The molecule has 0 amide bonds. The van der Waals surface area contributed by atoms with Crippen LogP contribution in [0.15, 0.2) is 46.9 Å². The second kappa shape index (κ2) is 9.55. The van der Waals surface area contributed by atoms with Gasteiger partial charge in [0.1, 0.15) is 17.1 Å². The molecule has 0 saturated heterocycles. The molecular formula is C21H23BrO5. The fourth-order valence-corrected chi connectivity index (χ4v) is 2.53. The molecule has 0 radical (unpaired) electrons. The molecule has 144 valence electrons. The summed E-state index contributed by atoms with van der Waals surface area (Å²) in [4.78, 5) is 24.5. The molecule has 0 spiro atoms. The van der Waals surface area contributed by atoms with Crippen molar-refractivity contribution in [1.29, 1.82) is 0 Å². The Morgan fingerprint density at radius 1 is 0.963 bits per heavy atom. The Bertz CT molecular complexity index is 797.